The summed E-state index contributed by atoms with van der Waals surface area (Å²) < 4.78 is 1.42. The molecule has 0 fully saturated rings. The van der Waals surface area contributed by atoms with E-state index in [4.69, 9.17) is 0 Å². The zero-order valence-corrected chi connectivity index (χ0v) is 13.3. The Morgan fingerprint density at radius 2 is 2.17 bits per heavy atom. The molecule has 0 saturated carbocycles. The number of aromatic nitrogens is 3. The third-order valence-corrected chi connectivity index (χ3v) is 3.40. The van der Waals surface area contributed by atoms with E-state index in [1.807, 2.05) is 0 Å². The number of amides is 1. The smallest absolute Gasteiger partial charge is 0.273 e. The van der Waals surface area contributed by atoms with Crippen LogP contribution >= 0.6 is 0 Å². The van der Waals surface area contributed by atoms with Crippen molar-refractivity contribution in [1.82, 2.24) is 20.3 Å². The SMILES string of the molecule is Cc1c(C(=O)NCCC(C)C)nnn1-c1cccc([N+](=O)[O-])c1. The molecular weight excluding hydrogens is 298 g/mol. The second-order valence-electron chi connectivity index (χ2n) is 5.65. The van der Waals surface area contributed by atoms with Crippen LogP contribution in [0.15, 0.2) is 24.3 Å². The predicted octanol–water partition coefficient (Wildman–Crippen LogP) is 2.26. The lowest BCUT2D eigenvalue weighted by molar-refractivity contribution is -0.384. The Morgan fingerprint density at radius 1 is 1.43 bits per heavy atom. The van der Waals surface area contributed by atoms with E-state index < -0.39 is 4.92 Å². The lowest BCUT2D eigenvalue weighted by atomic mass is 10.1. The van der Waals surface area contributed by atoms with Crippen molar-refractivity contribution in [2.24, 2.45) is 5.92 Å². The second-order valence-corrected chi connectivity index (χ2v) is 5.65. The molecule has 0 radical (unpaired) electrons. The van der Waals surface area contributed by atoms with Gasteiger partial charge in [-0.05, 0) is 25.3 Å². The first-order valence-electron chi connectivity index (χ1n) is 7.35. The van der Waals surface area contributed by atoms with E-state index in [0.717, 1.165) is 6.42 Å². The van der Waals surface area contributed by atoms with Crippen molar-refractivity contribution >= 4 is 11.6 Å². The van der Waals surface area contributed by atoms with Crippen LogP contribution in [0.4, 0.5) is 5.69 Å². The zero-order valence-electron chi connectivity index (χ0n) is 13.3. The molecule has 1 amide bonds. The minimum Gasteiger partial charge on any atom is -0.351 e. The summed E-state index contributed by atoms with van der Waals surface area (Å²) in [6, 6.07) is 6.03. The summed E-state index contributed by atoms with van der Waals surface area (Å²) in [6.45, 7) is 6.43. The number of benzene rings is 1. The fraction of sp³-hybridized carbons (Fsp3) is 0.400. The number of hydrogen-bond acceptors (Lipinski definition) is 5. The quantitative estimate of drug-likeness (QED) is 0.650. The first-order valence-corrected chi connectivity index (χ1v) is 7.35. The molecule has 122 valence electrons. The summed E-state index contributed by atoms with van der Waals surface area (Å²) >= 11 is 0. The van der Waals surface area contributed by atoms with Crippen LogP contribution in [0.1, 0.15) is 36.5 Å². The van der Waals surface area contributed by atoms with Crippen molar-refractivity contribution < 1.29 is 9.72 Å². The van der Waals surface area contributed by atoms with Crippen LogP contribution in [0.2, 0.25) is 0 Å². The van der Waals surface area contributed by atoms with Crippen molar-refractivity contribution in [3.63, 3.8) is 0 Å². The van der Waals surface area contributed by atoms with Crippen molar-refractivity contribution in [2.75, 3.05) is 6.54 Å². The van der Waals surface area contributed by atoms with Crippen LogP contribution in [0.25, 0.3) is 5.69 Å². The average Bonchev–Trinajstić information content (AvgIpc) is 2.88. The fourth-order valence-corrected chi connectivity index (χ4v) is 2.08. The molecule has 2 aromatic rings. The van der Waals surface area contributed by atoms with Gasteiger partial charge in [0, 0.05) is 18.7 Å². The van der Waals surface area contributed by atoms with E-state index in [2.05, 4.69) is 29.5 Å². The highest BCUT2D eigenvalue weighted by Gasteiger charge is 2.18. The van der Waals surface area contributed by atoms with Gasteiger partial charge in [-0.25, -0.2) is 4.68 Å². The molecule has 0 aliphatic heterocycles. The van der Waals surface area contributed by atoms with E-state index in [1.54, 1.807) is 19.1 Å². The highest BCUT2D eigenvalue weighted by molar-refractivity contribution is 5.93. The summed E-state index contributed by atoms with van der Waals surface area (Å²) in [7, 11) is 0. The van der Waals surface area contributed by atoms with Gasteiger partial charge >= 0.3 is 0 Å². The first kappa shape index (κ1) is 16.6. The minimum atomic E-state index is -0.477. The van der Waals surface area contributed by atoms with Gasteiger partial charge in [-0.3, -0.25) is 14.9 Å². The lowest BCUT2D eigenvalue weighted by Gasteiger charge is -2.06. The molecule has 0 saturated heterocycles. The molecular formula is C15H19N5O3. The molecule has 1 aromatic heterocycles. The van der Waals surface area contributed by atoms with Crippen molar-refractivity contribution in [2.45, 2.75) is 27.2 Å². The summed E-state index contributed by atoms with van der Waals surface area (Å²) in [5.41, 5.74) is 1.21. The Labute approximate surface area is 133 Å². The highest BCUT2D eigenvalue weighted by atomic mass is 16.6. The number of nitro groups is 1. The molecule has 2 rings (SSSR count). The average molecular weight is 317 g/mol. The molecule has 8 heteroatoms. The van der Waals surface area contributed by atoms with Crippen LogP contribution in [0.5, 0.6) is 0 Å². The van der Waals surface area contributed by atoms with E-state index >= 15 is 0 Å². The Kier molecular flexibility index (Phi) is 5.05. The van der Waals surface area contributed by atoms with E-state index in [1.165, 1.54) is 16.8 Å². The summed E-state index contributed by atoms with van der Waals surface area (Å²) in [5, 5.41) is 21.5. The number of nitro benzene ring substituents is 1. The normalized spacial score (nSPS) is 10.8. The fourth-order valence-electron chi connectivity index (χ4n) is 2.08. The molecule has 0 aliphatic rings. The van der Waals surface area contributed by atoms with Gasteiger partial charge in [0.1, 0.15) is 0 Å². The number of nitrogens with zero attached hydrogens (tertiary/aromatic N) is 4. The van der Waals surface area contributed by atoms with Gasteiger partial charge in [0.2, 0.25) is 0 Å². The van der Waals surface area contributed by atoms with Gasteiger partial charge in [-0.15, -0.1) is 5.10 Å². The van der Waals surface area contributed by atoms with E-state index in [0.29, 0.717) is 23.8 Å². The molecule has 0 aliphatic carbocycles. The maximum atomic E-state index is 12.1. The van der Waals surface area contributed by atoms with Crippen molar-refractivity contribution in [3.05, 3.63) is 45.8 Å². The topological polar surface area (TPSA) is 103 Å². The second kappa shape index (κ2) is 6.99. The predicted molar refractivity (Wildman–Crippen MR) is 84.5 cm³/mol. The van der Waals surface area contributed by atoms with Crippen molar-refractivity contribution in [3.8, 4) is 5.69 Å². The van der Waals surface area contributed by atoms with Gasteiger partial charge in [0.05, 0.1) is 16.3 Å². The zero-order chi connectivity index (χ0) is 17.0. The summed E-state index contributed by atoms with van der Waals surface area (Å²) in [4.78, 5) is 22.5. The molecule has 0 spiro atoms. The Bertz CT molecular complexity index is 724. The van der Waals surface area contributed by atoms with Crippen molar-refractivity contribution in [1.29, 1.82) is 0 Å². The molecule has 0 atom stereocenters. The molecule has 8 nitrogen and oxygen atoms in total. The minimum absolute atomic E-state index is 0.0414. The molecule has 1 N–H and O–H groups in total. The van der Waals surface area contributed by atoms with Gasteiger partial charge in [0.25, 0.3) is 11.6 Å². The van der Waals surface area contributed by atoms with Gasteiger partial charge in [-0.1, -0.05) is 25.1 Å². The molecule has 23 heavy (non-hydrogen) atoms. The van der Waals surface area contributed by atoms with Gasteiger partial charge < -0.3 is 5.32 Å². The van der Waals surface area contributed by atoms with Gasteiger partial charge in [-0.2, -0.15) is 0 Å². The largest absolute Gasteiger partial charge is 0.351 e. The third kappa shape index (κ3) is 3.91. The maximum absolute atomic E-state index is 12.1. The van der Waals surface area contributed by atoms with Crippen LogP contribution in [-0.2, 0) is 0 Å². The third-order valence-electron chi connectivity index (χ3n) is 3.40. The van der Waals surface area contributed by atoms with Crippen LogP contribution in [0, 0.1) is 23.0 Å². The number of non-ortho nitro benzene ring substituents is 1. The lowest BCUT2D eigenvalue weighted by Crippen LogP contribution is -2.26. The Morgan fingerprint density at radius 3 is 2.83 bits per heavy atom. The number of hydrogen-bond donors (Lipinski definition) is 1. The van der Waals surface area contributed by atoms with Crippen LogP contribution < -0.4 is 5.32 Å². The standard InChI is InChI=1S/C15H19N5O3/c1-10(2)7-8-16-15(21)14-11(3)19(18-17-14)12-5-4-6-13(9-12)20(22)23/h4-6,9-10H,7-8H2,1-3H3,(H,16,21). The monoisotopic (exact) mass is 317 g/mol. The Balaban J connectivity index is 2.20. The van der Waals surface area contributed by atoms with Crippen LogP contribution in [0.3, 0.4) is 0 Å². The number of carbonyl (C=O) groups excluding carboxylic acids is 1. The molecule has 0 bridgehead atoms. The number of nitrogens with one attached hydrogen (secondary N) is 1. The number of rotatable bonds is 6. The van der Waals surface area contributed by atoms with Gasteiger partial charge in [0.15, 0.2) is 5.69 Å². The summed E-state index contributed by atoms with van der Waals surface area (Å²) in [6.07, 6.45) is 0.879. The Hall–Kier alpha value is -2.77. The number of carbonyl (C=O) groups is 1. The van der Waals surface area contributed by atoms with E-state index in [9.17, 15) is 14.9 Å². The van der Waals surface area contributed by atoms with E-state index in [-0.39, 0.29) is 17.3 Å². The van der Waals surface area contributed by atoms with Crippen LogP contribution in [-0.4, -0.2) is 32.4 Å². The summed E-state index contributed by atoms with van der Waals surface area (Å²) in [5.74, 6) is 0.205. The molecule has 1 aromatic carbocycles. The first-order chi connectivity index (χ1) is 10.9. The highest BCUT2D eigenvalue weighted by Crippen LogP contribution is 2.18. The molecule has 1 heterocycles. The molecule has 0 unspecified atom stereocenters. The maximum Gasteiger partial charge on any atom is 0.273 e.